The van der Waals surface area contributed by atoms with Crippen LogP contribution in [-0.2, 0) is 58.2 Å². The average molecular weight is 721 g/mol. The maximum Gasteiger partial charge on any atom is 0.517 e. The summed E-state index contributed by atoms with van der Waals surface area (Å²) in [6.45, 7) is 1.63. The number of halogens is 6. The van der Waals surface area contributed by atoms with Crippen molar-refractivity contribution in [3.63, 3.8) is 0 Å². The fraction of sp³-hybridized carbons (Fsp3) is 0.300. The van der Waals surface area contributed by atoms with Crippen LogP contribution >= 0.6 is 0 Å². The van der Waals surface area contributed by atoms with Crippen molar-refractivity contribution in [1.82, 2.24) is 0 Å². The average Bonchev–Trinajstić information content (AvgIpc) is 2.88. The topological polar surface area (TPSA) is 196 Å². The molecule has 0 saturated carbocycles. The largest absolute Gasteiger partial charge is 0.517 e. The Morgan fingerprint density at radius 3 is 1.02 bits per heavy atom. The van der Waals surface area contributed by atoms with Crippen LogP contribution in [0.1, 0.15) is 13.8 Å². The summed E-state index contributed by atoms with van der Waals surface area (Å²) in [5, 5.41) is 0. The molecule has 0 radical (unpaired) electrons. The van der Waals surface area contributed by atoms with E-state index in [-0.39, 0.29) is 24.3 Å². The Hall–Kier alpha value is -3.32. The van der Waals surface area contributed by atoms with E-state index in [1.165, 1.54) is 13.8 Å². The molecular weight excluding hydrogens is 702 g/mol. The second-order valence-corrected chi connectivity index (χ2v) is 14.5. The standard InChI is InChI=1S/C20H18F6N2O12S4/c1-3-39-41(31,32)15-9-5-13(6-10-15)27(43(35,36)19(21,22)23)17(29)18(30)28(44(37,38)20(24,25)26)14-7-11-16(12-8-14)42(33,34)40-4-2/h5-12H,3-4H2,1-2H3. The molecule has 0 aliphatic heterocycles. The van der Waals surface area contributed by atoms with Gasteiger partial charge in [-0.25, -0.2) is 0 Å². The number of alkyl halides is 6. The number of hydrogen-bond donors (Lipinski definition) is 0. The number of nitrogens with zero attached hydrogens (tertiary/aromatic N) is 2. The van der Waals surface area contributed by atoms with Gasteiger partial charge in [0, 0.05) is 0 Å². The third-order valence-corrected chi connectivity index (χ3v) is 10.6. The predicted molar refractivity (Wildman–Crippen MR) is 135 cm³/mol. The first-order chi connectivity index (χ1) is 19.9. The van der Waals surface area contributed by atoms with E-state index in [1.807, 2.05) is 0 Å². The van der Waals surface area contributed by atoms with Crippen molar-refractivity contribution in [3.05, 3.63) is 48.5 Å². The highest BCUT2D eigenvalue weighted by Gasteiger charge is 2.58. The van der Waals surface area contributed by atoms with Crippen molar-refractivity contribution in [1.29, 1.82) is 0 Å². The molecule has 246 valence electrons. The monoisotopic (exact) mass is 720 g/mol. The summed E-state index contributed by atoms with van der Waals surface area (Å²) < 4.78 is 185. The van der Waals surface area contributed by atoms with E-state index in [4.69, 9.17) is 0 Å². The minimum atomic E-state index is -7.04. The molecule has 0 fully saturated rings. The molecule has 2 aromatic rings. The van der Waals surface area contributed by atoms with Crippen molar-refractivity contribution < 1.29 is 78.0 Å². The van der Waals surface area contributed by atoms with Crippen LogP contribution in [-0.4, -0.2) is 69.7 Å². The summed E-state index contributed by atoms with van der Waals surface area (Å²) in [6.07, 6.45) is 0. The normalized spacial score (nSPS) is 13.4. The van der Waals surface area contributed by atoms with Gasteiger partial charge in [0.15, 0.2) is 0 Å². The minimum absolute atomic E-state index is 0.232. The lowest BCUT2D eigenvalue weighted by molar-refractivity contribution is -0.135. The summed E-state index contributed by atoms with van der Waals surface area (Å²) in [4.78, 5) is 24.4. The van der Waals surface area contributed by atoms with Gasteiger partial charge in [-0.3, -0.25) is 18.0 Å². The molecule has 0 aliphatic rings. The Bertz CT molecular complexity index is 1700. The van der Waals surface area contributed by atoms with Crippen molar-refractivity contribution in [3.8, 4) is 0 Å². The number of benzene rings is 2. The maximum absolute atomic E-state index is 13.5. The number of anilines is 2. The molecule has 2 aromatic carbocycles. The van der Waals surface area contributed by atoms with E-state index >= 15 is 0 Å². The summed E-state index contributed by atoms with van der Waals surface area (Å²) in [5.41, 5.74) is -15.8. The van der Waals surface area contributed by atoms with Gasteiger partial charge in [-0.1, -0.05) is 0 Å². The molecule has 2 amide bonds. The predicted octanol–water partition coefficient (Wildman–Crippen LogP) is 2.20. The number of hydrogen-bond acceptors (Lipinski definition) is 12. The van der Waals surface area contributed by atoms with Gasteiger partial charge in [0.05, 0.1) is 34.4 Å². The second-order valence-electron chi connectivity index (χ2n) is 7.75. The third-order valence-electron chi connectivity index (χ3n) is 4.88. The lowest BCUT2D eigenvalue weighted by atomic mass is 10.3. The van der Waals surface area contributed by atoms with Crippen LogP contribution in [0.2, 0.25) is 0 Å². The molecular formula is C20H18F6N2O12S4. The lowest BCUT2D eigenvalue weighted by Gasteiger charge is -2.27. The fourth-order valence-corrected chi connectivity index (χ4v) is 6.69. The molecule has 0 N–H and O–H groups in total. The molecule has 0 atom stereocenters. The van der Waals surface area contributed by atoms with Gasteiger partial charge in [0.1, 0.15) is 0 Å². The molecule has 0 spiro atoms. The smallest absolute Gasteiger partial charge is 0.267 e. The first-order valence-corrected chi connectivity index (χ1v) is 16.9. The number of rotatable bonds is 10. The van der Waals surface area contributed by atoms with Gasteiger partial charge in [0.2, 0.25) is 0 Å². The highest BCUT2D eigenvalue weighted by atomic mass is 32.2. The van der Waals surface area contributed by atoms with E-state index in [1.54, 1.807) is 0 Å². The van der Waals surface area contributed by atoms with Gasteiger partial charge in [-0.05, 0) is 62.4 Å². The van der Waals surface area contributed by atoms with Crippen molar-refractivity contribution in [2.75, 3.05) is 21.8 Å². The van der Waals surface area contributed by atoms with Gasteiger partial charge in [-0.2, -0.15) is 68.6 Å². The van der Waals surface area contributed by atoms with Gasteiger partial charge >= 0.3 is 42.9 Å². The molecule has 0 heterocycles. The number of carbonyl (C=O) groups excluding carboxylic acids is 2. The molecule has 0 bridgehead atoms. The first kappa shape index (κ1) is 36.9. The first-order valence-electron chi connectivity index (χ1n) is 11.2. The van der Waals surface area contributed by atoms with Gasteiger partial charge in [0.25, 0.3) is 20.2 Å². The molecule has 0 aliphatic carbocycles. The molecule has 44 heavy (non-hydrogen) atoms. The number of amides is 2. The highest BCUT2D eigenvalue weighted by Crippen LogP contribution is 2.35. The Morgan fingerprint density at radius 2 is 0.818 bits per heavy atom. The molecule has 0 aromatic heterocycles. The van der Waals surface area contributed by atoms with Crippen molar-refractivity contribution >= 4 is 63.5 Å². The Kier molecular flexibility index (Phi) is 10.5. The van der Waals surface area contributed by atoms with Crippen LogP contribution in [0.25, 0.3) is 0 Å². The quantitative estimate of drug-likeness (QED) is 0.198. The third kappa shape index (κ3) is 7.31. The Balaban J connectivity index is 2.81. The molecule has 14 nitrogen and oxygen atoms in total. The molecule has 0 unspecified atom stereocenters. The van der Waals surface area contributed by atoms with Crippen molar-refractivity contribution in [2.45, 2.75) is 34.7 Å². The zero-order valence-electron chi connectivity index (χ0n) is 21.7. The van der Waals surface area contributed by atoms with Crippen LogP contribution < -0.4 is 8.61 Å². The zero-order valence-corrected chi connectivity index (χ0v) is 25.0. The summed E-state index contributed by atoms with van der Waals surface area (Å²) in [7, 11) is -23.2. The fourth-order valence-electron chi connectivity index (χ4n) is 3.05. The molecule has 2 rings (SSSR count). The molecule has 0 saturated heterocycles. The maximum atomic E-state index is 13.5. The van der Waals surface area contributed by atoms with Crippen LogP contribution in [0.4, 0.5) is 37.7 Å². The van der Waals surface area contributed by atoms with Crippen LogP contribution in [0, 0.1) is 0 Å². The van der Waals surface area contributed by atoms with E-state index in [9.17, 15) is 69.6 Å². The summed E-state index contributed by atoms with van der Waals surface area (Å²) in [6, 6.07) is 2.59. The minimum Gasteiger partial charge on any atom is -0.267 e. The van der Waals surface area contributed by atoms with E-state index in [0.717, 1.165) is 0 Å². The van der Waals surface area contributed by atoms with Crippen LogP contribution in [0.3, 0.4) is 0 Å². The Morgan fingerprint density at radius 1 is 0.568 bits per heavy atom. The Labute approximate surface area is 246 Å². The lowest BCUT2D eigenvalue weighted by Crippen LogP contribution is -2.54. The SMILES string of the molecule is CCOS(=O)(=O)c1ccc(N(C(=O)C(=O)N(c2ccc(S(=O)(=O)OCC)cc2)S(=O)(=O)C(F)(F)F)S(=O)(=O)C(F)(F)F)cc1. The zero-order chi connectivity index (χ0) is 34.1. The van der Waals surface area contributed by atoms with E-state index in [0.29, 0.717) is 24.3 Å². The van der Waals surface area contributed by atoms with Gasteiger partial charge in [-0.15, -0.1) is 0 Å². The van der Waals surface area contributed by atoms with E-state index < -0.39 is 106 Å². The van der Waals surface area contributed by atoms with Crippen LogP contribution in [0.5, 0.6) is 0 Å². The highest BCUT2D eigenvalue weighted by molar-refractivity contribution is 7.95. The molecule has 24 heteroatoms. The van der Waals surface area contributed by atoms with Crippen LogP contribution in [0.15, 0.2) is 58.3 Å². The summed E-state index contributed by atoms with van der Waals surface area (Å²) >= 11 is 0. The number of carbonyl (C=O) groups is 2. The second kappa shape index (κ2) is 12.6. The number of sulfonamides is 2. The summed E-state index contributed by atoms with van der Waals surface area (Å²) in [5.74, 6) is -6.05. The van der Waals surface area contributed by atoms with E-state index in [2.05, 4.69) is 8.37 Å². The van der Waals surface area contributed by atoms with Gasteiger partial charge < -0.3 is 0 Å². The van der Waals surface area contributed by atoms with Crippen molar-refractivity contribution in [2.24, 2.45) is 0 Å².